The summed E-state index contributed by atoms with van der Waals surface area (Å²) in [5, 5.41) is 17.6. The number of carboxylic acid groups (broad SMARTS) is 1. The Labute approximate surface area is 208 Å². The summed E-state index contributed by atoms with van der Waals surface area (Å²) in [6.07, 6.45) is 7.23. The lowest BCUT2D eigenvalue weighted by Crippen LogP contribution is -2.71. The van der Waals surface area contributed by atoms with Crippen molar-refractivity contribution in [1.29, 1.82) is 0 Å². The number of nitrogens with zero attached hydrogens (tertiary/aromatic N) is 4. The molecule has 0 aromatic carbocycles. The molecule has 2 aromatic heterocycles. The molecule has 4 heterocycles. The van der Waals surface area contributed by atoms with Crippen molar-refractivity contribution in [3.05, 3.63) is 51.9 Å². The maximum absolute atomic E-state index is 13.0. The van der Waals surface area contributed by atoms with Gasteiger partial charge >= 0.3 is 5.97 Å². The molecule has 11 nitrogen and oxygen atoms in total. The molecule has 2 unspecified atom stereocenters. The smallest absolute Gasteiger partial charge is 0.352 e. The minimum absolute atomic E-state index is 0.0182. The molecule has 2 aliphatic heterocycles. The molecule has 4 N–H and O–H groups in total. The van der Waals surface area contributed by atoms with Crippen LogP contribution in [-0.4, -0.2) is 62.8 Å². The van der Waals surface area contributed by atoms with Gasteiger partial charge in [0.2, 0.25) is 0 Å². The molecule has 3 aliphatic rings. The van der Waals surface area contributed by atoms with Gasteiger partial charge in [0.25, 0.3) is 11.8 Å². The number of carboxylic acids is 1. The van der Waals surface area contributed by atoms with Crippen molar-refractivity contribution in [3.8, 4) is 0 Å². The maximum atomic E-state index is 13.0. The van der Waals surface area contributed by atoms with Crippen molar-refractivity contribution >= 4 is 51.7 Å². The lowest BCUT2D eigenvalue weighted by atomic mass is 10.0. The van der Waals surface area contributed by atoms with E-state index in [-0.39, 0.29) is 22.2 Å². The first kappa shape index (κ1) is 23.3. The number of carbonyl (C=O) groups excluding carboxylic acids is 2. The number of carbonyl (C=O) groups is 3. The van der Waals surface area contributed by atoms with Gasteiger partial charge in [-0.2, -0.15) is 0 Å². The molecular weight excluding hydrogens is 492 g/mol. The number of aromatic nitrogens is 2. The van der Waals surface area contributed by atoms with E-state index in [9.17, 15) is 19.5 Å². The Bertz CT molecular complexity index is 1290. The van der Waals surface area contributed by atoms with E-state index in [1.807, 2.05) is 10.8 Å². The fraction of sp³-hybridized carbons (Fsp3) is 0.364. The fourth-order valence-corrected chi connectivity index (χ4v) is 6.47. The van der Waals surface area contributed by atoms with Crippen LogP contribution in [0.3, 0.4) is 0 Å². The van der Waals surface area contributed by atoms with E-state index in [2.05, 4.69) is 27.7 Å². The number of hydrogen-bond donors (Lipinski definition) is 3. The van der Waals surface area contributed by atoms with Crippen LogP contribution in [0.1, 0.15) is 23.2 Å². The summed E-state index contributed by atoms with van der Waals surface area (Å²) in [6, 6.07) is 1.19. The summed E-state index contributed by atoms with van der Waals surface area (Å²) in [5.41, 5.74) is 9.01. The number of thioether (sulfide) groups is 1. The standard InChI is InChI=1S/C22H22N6O5S2/c1-33-26-15(14-10-35-22(23)24-14)18(29)25-16-19(30)28-17(21(31)32)13(9-34-20(16)28)8-27-6-5-11-3-2-4-12(11)7-27/h5-7,10,16,20H,2-4,8-9H2,1H3,(H3-,23,24,25,29,31,32)/p+1/b26-15-. The number of fused-ring (bicyclic) bond motifs is 2. The molecule has 35 heavy (non-hydrogen) atoms. The molecule has 5 rings (SSSR count). The van der Waals surface area contributed by atoms with Gasteiger partial charge in [-0.25, -0.2) is 14.3 Å². The van der Waals surface area contributed by atoms with Crippen LogP contribution in [0.4, 0.5) is 5.13 Å². The highest BCUT2D eigenvalue weighted by Crippen LogP contribution is 2.40. The molecule has 13 heteroatoms. The first-order chi connectivity index (χ1) is 16.9. The number of pyridine rings is 1. The lowest BCUT2D eigenvalue weighted by molar-refractivity contribution is -0.689. The van der Waals surface area contributed by atoms with Gasteiger partial charge in [-0.1, -0.05) is 5.16 Å². The van der Waals surface area contributed by atoms with Gasteiger partial charge in [-0.05, 0) is 24.8 Å². The molecule has 2 amide bonds. The van der Waals surface area contributed by atoms with Crippen LogP contribution in [0.15, 0.2) is 40.3 Å². The molecule has 2 atom stereocenters. The van der Waals surface area contributed by atoms with Crippen LogP contribution >= 0.6 is 23.1 Å². The number of anilines is 1. The molecule has 0 radical (unpaired) electrons. The number of nitrogen functional groups attached to an aromatic ring is 1. The average Bonchev–Trinajstić information content (AvgIpc) is 3.48. The number of hydrogen-bond acceptors (Lipinski definition) is 9. The summed E-state index contributed by atoms with van der Waals surface area (Å²) in [6.45, 7) is 0.380. The van der Waals surface area contributed by atoms with E-state index in [0.29, 0.717) is 17.9 Å². The SMILES string of the molecule is CO/N=C(\C(=O)NC1C(=O)N2C(C(=O)O)=C(C[n+]3ccc4c(c3)CCC4)CSC12)c1csc(N)n1. The van der Waals surface area contributed by atoms with E-state index in [1.165, 1.54) is 34.9 Å². The normalized spacial score (nSPS) is 21.3. The molecular formula is C22H23N6O5S2+. The van der Waals surface area contributed by atoms with Gasteiger partial charge in [0.1, 0.15) is 29.9 Å². The van der Waals surface area contributed by atoms with Crippen LogP contribution in [0.25, 0.3) is 0 Å². The van der Waals surface area contributed by atoms with Crippen LogP contribution in [0.2, 0.25) is 0 Å². The van der Waals surface area contributed by atoms with Gasteiger partial charge < -0.3 is 21.0 Å². The number of thiazole rings is 1. The average molecular weight is 516 g/mol. The fourth-order valence-electron chi connectivity index (χ4n) is 4.58. The minimum atomic E-state index is -1.16. The number of rotatable bonds is 7. The van der Waals surface area contributed by atoms with Gasteiger partial charge in [-0.15, -0.1) is 23.1 Å². The Hall–Kier alpha value is -3.45. The number of oxime groups is 1. The number of aliphatic carboxylic acids is 1. The number of β-lactam (4-membered cyclic amide) rings is 1. The Morgan fingerprint density at radius 2 is 2.20 bits per heavy atom. The lowest BCUT2D eigenvalue weighted by Gasteiger charge is -2.49. The number of amides is 2. The van der Waals surface area contributed by atoms with Crippen molar-refractivity contribution < 1.29 is 28.9 Å². The zero-order chi connectivity index (χ0) is 24.7. The third-order valence-corrected chi connectivity index (χ3v) is 8.18. The largest absolute Gasteiger partial charge is 0.477 e. The van der Waals surface area contributed by atoms with Crippen LogP contribution < -0.4 is 15.6 Å². The molecule has 0 bridgehead atoms. The number of nitrogens with two attached hydrogens (primary N) is 1. The first-order valence-corrected chi connectivity index (χ1v) is 12.8. The molecule has 182 valence electrons. The van der Waals surface area contributed by atoms with Gasteiger partial charge in [-0.3, -0.25) is 14.5 Å². The zero-order valence-electron chi connectivity index (χ0n) is 18.8. The Kier molecular flexibility index (Phi) is 6.19. The molecule has 1 saturated heterocycles. The van der Waals surface area contributed by atoms with Gasteiger partial charge in [0.05, 0.1) is 0 Å². The van der Waals surface area contributed by atoms with Gasteiger partial charge in [0.15, 0.2) is 29.8 Å². The van der Waals surface area contributed by atoms with E-state index < -0.39 is 29.2 Å². The molecule has 1 fully saturated rings. The van der Waals surface area contributed by atoms with E-state index in [1.54, 1.807) is 5.38 Å². The Balaban J connectivity index is 1.34. The first-order valence-electron chi connectivity index (χ1n) is 10.9. The van der Waals surface area contributed by atoms with Crippen molar-refractivity contribution in [3.63, 3.8) is 0 Å². The van der Waals surface area contributed by atoms with Gasteiger partial charge in [0, 0.05) is 28.3 Å². The van der Waals surface area contributed by atoms with Crippen molar-refractivity contribution in [2.75, 3.05) is 18.6 Å². The second kappa shape index (κ2) is 9.30. The molecule has 2 aromatic rings. The summed E-state index contributed by atoms with van der Waals surface area (Å²) >= 11 is 2.56. The monoisotopic (exact) mass is 515 g/mol. The predicted octanol–water partition coefficient (Wildman–Crippen LogP) is 0.291. The summed E-state index contributed by atoms with van der Waals surface area (Å²) < 4.78 is 1.97. The van der Waals surface area contributed by atoms with E-state index in [0.717, 1.165) is 30.6 Å². The van der Waals surface area contributed by atoms with Crippen LogP contribution in [-0.2, 0) is 38.6 Å². The third-order valence-electron chi connectivity index (χ3n) is 6.17. The van der Waals surface area contributed by atoms with Crippen molar-refractivity contribution in [2.45, 2.75) is 37.2 Å². The summed E-state index contributed by atoms with van der Waals surface area (Å²) in [5.74, 6) is -1.88. The molecule has 1 aliphatic carbocycles. The predicted molar refractivity (Wildman–Crippen MR) is 128 cm³/mol. The number of nitrogens with one attached hydrogen (secondary N) is 1. The second-order valence-electron chi connectivity index (χ2n) is 8.33. The van der Waals surface area contributed by atoms with Crippen molar-refractivity contribution in [2.24, 2.45) is 5.16 Å². The summed E-state index contributed by atoms with van der Waals surface area (Å²) in [7, 11) is 1.29. The van der Waals surface area contributed by atoms with Crippen LogP contribution in [0, 0.1) is 0 Å². The van der Waals surface area contributed by atoms with Crippen molar-refractivity contribution in [1.82, 2.24) is 15.2 Å². The highest BCUT2D eigenvalue weighted by molar-refractivity contribution is 8.00. The minimum Gasteiger partial charge on any atom is -0.477 e. The maximum Gasteiger partial charge on any atom is 0.352 e. The molecule has 0 saturated carbocycles. The highest BCUT2D eigenvalue weighted by atomic mass is 32.2. The second-order valence-corrected chi connectivity index (χ2v) is 10.3. The Morgan fingerprint density at radius 3 is 2.91 bits per heavy atom. The quantitative estimate of drug-likeness (QED) is 0.206. The Morgan fingerprint density at radius 1 is 1.40 bits per heavy atom. The number of aryl methyl sites for hydroxylation is 2. The third kappa shape index (κ3) is 4.25. The highest BCUT2D eigenvalue weighted by Gasteiger charge is 2.54. The summed E-state index contributed by atoms with van der Waals surface area (Å²) in [4.78, 5) is 48.1. The van der Waals surface area contributed by atoms with Crippen LogP contribution in [0.5, 0.6) is 0 Å². The van der Waals surface area contributed by atoms with E-state index in [4.69, 9.17) is 10.6 Å². The van der Waals surface area contributed by atoms with E-state index >= 15 is 0 Å². The topological polar surface area (TPSA) is 151 Å². The zero-order valence-corrected chi connectivity index (χ0v) is 20.4. The molecule has 0 spiro atoms.